The number of amides is 2. The van der Waals surface area contributed by atoms with Crippen LogP contribution in [0.5, 0.6) is 0 Å². The maximum atomic E-state index is 12.8. The summed E-state index contributed by atoms with van der Waals surface area (Å²) in [7, 11) is 0. The number of hydrogen-bond donors (Lipinski definition) is 2. The SMILES string of the molecule is CC(=O)SCCCC(=O)[N+]1(C(=O)O)CC(O)(c2ccc(C)cc2)C[C@H]1C. The summed E-state index contributed by atoms with van der Waals surface area (Å²) >= 11 is 1.13. The Labute approximate surface area is 157 Å². The van der Waals surface area contributed by atoms with Gasteiger partial charge in [-0.1, -0.05) is 41.6 Å². The number of imide groups is 1. The van der Waals surface area contributed by atoms with Crippen LogP contribution in [0.2, 0.25) is 0 Å². The number of carbonyl (C=O) groups is 3. The Bertz CT molecular complexity index is 704. The second-order valence-corrected chi connectivity index (χ2v) is 8.37. The molecule has 0 saturated carbocycles. The van der Waals surface area contributed by atoms with Crippen LogP contribution in [0.4, 0.5) is 4.79 Å². The summed E-state index contributed by atoms with van der Waals surface area (Å²) in [5, 5.41) is 21.0. The smallest absolute Gasteiger partial charge is 0.435 e. The van der Waals surface area contributed by atoms with Gasteiger partial charge in [-0.15, -0.1) is 0 Å². The molecule has 1 aromatic rings. The largest absolute Gasteiger partial charge is 0.521 e. The summed E-state index contributed by atoms with van der Waals surface area (Å²) in [4.78, 5) is 35.9. The van der Waals surface area contributed by atoms with Gasteiger partial charge in [0.2, 0.25) is 0 Å². The van der Waals surface area contributed by atoms with Crippen LogP contribution < -0.4 is 0 Å². The fraction of sp³-hybridized carbons (Fsp3) is 0.526. The van der Waals surface area contributed by atoms with Crippen molar-refractivity contribution in [1.29, 1.82) is 0 Å². The number of hydrogen-bond acceptors (Lipinski definition) is 5. The van der Waals surface area contributed by atoms with E-state index in [0.717, 1.165) is 17.3 Å². The summed E-state index contributed by atoms with van der Waals surface area (Å²) in [5.41, 5.74) is 0.326. The molecule has 3 atom stereocenters. The predicted octanol–water partition coefficient (Wildman–Crippen LogP) is 3.06. The Kier molecular flexibility index (Phi) is 6.26. The van der Waals surface area contributed by atoms with Crippen molar-refractivity contribution in [3.63, 3.8) is 0 Å². The standard InChI is InChI=1S/C19H25NO5S/c1-13-6-8-16(9-7-13)19(25)11-14(2)20(12-19,18(23)24)17(22)5-4-10-26-15(3)21/h6-9,14,25H,4-5,10-12H2,1-3H3/p+1/t14-,19?,20?/m1/s1. The van der Waals surface area contributed by atoms with Crippen LogP contribution in [0.3, 0.4) is 0 Å². The monoisotopic (exact) mass is 380 g/mol. The molecule has 0 bridgehead atoms. The van der Waals surface area contributed by atoms with Crippen molar-refractivity contribution in [3.8, 4) is 0 Å². The third-order valence-corrected chi connectivity index (χ3v) is 6.01. The number of aliphatic hydroxyl groups is 1. The number of rotatable bonds is 5. The second kappa shape index (κ2) is 7.90. The molecule has 7 heteroatoms. The number of quaternary nitrogens is 1. The van der Waals surface area contributed by atoms with Gasteiger partial charge in [-0.2, -0.15) is 9.28 Å². The van der Waals surface area contributed by atoms with Crippen LogP contribution >= 0.6 is 11.8 Å². The molecule has 2 rings (SSSR count). The van der Waals surface area contributed by atoms with Gasteiger partial charge >= 0.3 is 12.0 Å². The zero-order valence-electron chi connectivity index (χ0n) is 15.4. The summed E-state index contributed by atoms with van der Waals surface area (Å²) in [6, 6.07) is 6.78. The number of nitrogens with zero attached hydrogens (tertiary/aromatic N) is 1. The summed E-state index contributed by atoms with van der Waals surface area (Å²) < 4.78 is -0.769. The molecule has 26 heavy (non-hydrogen) atoms. The van der Waals surface area contributed by atoms with Crippen molar-refractivity contribution in [2.75, 3.05) is 12.3 Å². The van der Waals surface area contributed by atoms with Gasteiger partial charge in [0, 0.05) is 19.1 Å². The van der Waals surface area contributed by atoms with Gasteiger partial charge in [0.25, 0.3) is 0 Å². The van der Waals surface area contributed by atoms with E-state index < -0.39 is 28.1 Å². The van der Waals surface area contributed by atoms with Gasteiger partial charge in [0.15, 0.2) is 5.12 Å². The van der Waals surface area contributed by atoms with E-state index >= 15 is 0 Å². The van der Waals surface area contributed by atoms with E-state index in [1.165, 1.54) is 6.92 Å². The molecule has 2 amide bonds. The van der Waals surface area contributed by atoms with Gasteiger partial charge in [0.1, 0.15) is 18.2 Å². The van der Waals surface area contributed by atoms with Crippen LogP contribution in [0, 0.1) is 6.92 Å². The fourth-order valence-electron chi connectivity index (χ4n) is 3.69. The number of carboxylic acid groups (broad SMARTS) is 1. The average Bonchev–Trinajstić information content (AvgIpc) is 2.85. The summed E-state index contributed by atoms with van der Waals surface area (Å²) in [6.07, 6.45) is -0.520. The number of benzene rings is 1. The van der Waals surface area contributed by atoms with E-state index in [2.05, 4.69) is 0 Å². The maximum absolute atomic E-state index is 12.8. The molecule has 6 nitrogen and oxygen atoms in total. The first-order valence-electron chi connectivity index (χ1n) is 8.69. The van der Waals surface area contributed by atoms with Crippen molar-refractivity contribution < 1.29 is 29.1 Å². The lowest BCUT2D eigenvalue weighted by Crippen LogP contribution is -2.59. The molecular weight excluding hydrogens is 354 g/mol. The Hall–Kier alpha value is -1.70. The van der Waals surface area contributed by atoms with Crippen LogP contribution in [0.25, 0.3) is 0 Å². The maximum Gasteiger partial charge on any atom is 0.521 e. The van der Waals surface area contributed by atoms with Crippen LogP contribution in [-0.4, -0.2) is 50.2 Å². The molecule has 1 aliphatic rings. The lowest BCUT2D eigenvalue weighted by Gasteiger charge is -2.30. The average molecular weight is 380 g/mol. The quantitative estimate of drug-likeness (QED) is 0.603. The van der Waals surface area contributed by atoms with Crippen molar-refractivity contribution in [3.05, 3.63) is 35.4 Å². The van der Waals surface area contributed by atoms with Gasteiger partial charge in [0.05, 0.1) is 6.42 Å². The van der Waals surface area contributed by atoms with Crippen LogP contribution in [0.15, 0.2) is 24.3 Å². The molecule has 1 aliphatic heterocycles. The van der Waals surface area contributed by atoms with E-state index in [1.807, 2.05) is 19.1 Å². The Morgan fingerprint density at radius 1 is 1.27 bits per heavy atom. The molecule has 2 unspecified atom stereocenters. The van der Waals surface area contributed by atoms with Gasteiger partial charge in [-0.05, 0) is 25.8 Å². The normalized spacial score (nSPS) is 28.1. The highest BCUT2D eigenvalue weighted by Gasteiger charge is 2.61. The molecule has 2 N–H and O–H groups in total. The van der Waals surface area contributed by atoms with Crippen LogP contribution in [0.1, 0.15) is 44.2 Å². The molecule has 1 heterocycles. The number of aryl methyl sites for hydroxylation is 1. The van der Waals surface area contributed by atoms with E-state index in [-0.39, 0.29) is 24.5 Å². The lowest BCUT2D eigenvalue weighted by atomic mass is 9.91. The first-order chi connectivity index (χ1) is 12.1. The Morgan fingerprint density at radius 3 is 2.42 bits per heavy atom. The van der Waals surface area contributed by atoms with Gasteiger partial charge in [-0.3, -0.25) is 4.79 Å². The molecular formula is C19H26NO5S+. The van der Waals surface area contributed by atoms with E-state index in [9.17, 15) is 24.6 Å². The molecule has 0 radical (unpaired) electrons. The van der Waals surface area contributed by atoms with Crippen molar-refractivity contribution >= 4 is 28.9 Å². The van der Waals surface area contributed by atoms with Crippen molar-refractivity contribution in [1.82, 2.24) is 0 Å². The molecule has 1 saturated heterocycles. The predicted molar refractivity (Wildman–Crippen MR) is 99.7 cm³/mol. The molecule has 1 aromatic carbocycles. The van der Waals surface area contributed by atoms with Gasteiger partial charge < -0.3 is 10.2 Å². The topological polar surface area (TPSA) is 91.7 Å². The van der Waals surface area contributed by atoms with E-state index in [1.54, 1.807) is 19.1 Å². The third-order valence-electron chi connectivity index (χ3n) is 5.11. The first-order valence-corrected chi connectivity index (χ1v) is 9.68. The van der Waals surface area contributed by atoms with E-state index in [4.69, 9.17) is 0 Å². The minimum Gasteiger partial charge on any atom is -0.435 e. The fourth-order valence-corrected chi connectivity index (χ4v) is 4.26. The molecule has 0 aliphatic carbocycles. The minimum atomic E-state index is -1.35. The van der Waals surface area contributed by atoms with Gasteiger partial charge in [-0.25, -0.2) is 4.79 Å². The number of carbonyl (C=O) groups excluding carboxylic acids is 2. The first kappa shape index (κ1) is 20.6. The van der Waals surface area contributed by atoms with Crippen molar-refractivity contribution in [2.45, 2.75) is 51.7 Å². The zero-order valence-corrected chi connectivity index (χ0v) is 16.2. The molecule has 0 aromatic heterocycles. The zero-order chi connectivity index (χ0) is 19.5. The Morgan fingerprint density at radius 2 is 1.88 bits per heavy atom. The molecule has 142 valence electrons. The number of thioether (sulfide) groups is 1. The number of likely N-dealkylation sites (tertiary alicyclic amines) is 1. The van der Waals surface area contributed by atoms with Crippen LogP contribution in [-0.2, 0) is 15.2 Å². The lowest BCUT2D eigenvalue weighted by molar-refractivity contribution is -0.796. The second-order valence-electron chi connectivity index (χ2n) is 7.10. The minimum absolute atomic E-state index is 0.0251. The highest BCUT2D eigenvalue weighted by atomic mass is 32.2. The highest BCUT2D eigenvalue weighted by molar-refractivity contribution is 8.13. The third kappa shape index (κ3) is 4.00. The summed E-state index contributed by atoms with van der Waals surface area (Å²) in [5.74, 6) is 0.0642. The molecule has 0 spiro atoms. The Balaban J connectivity index is 2.22. The van der Waals surface area contributed by atoms with Crippen molar-refractivity contribution in [2.24, 2.45) is 0 Å². The van der Waals surface area contributed by atoms with E-state index in [0.29, 0.717) is 17.7 Å². The molecule has 1 fully saturated rings. The highest BCUT2D eigenvalue weighted by Crippen LogP contribution is 2.42. The summed E-state index contributed by atoms with van der Waals surface area (Å²) in [6.45, 7) is 4.92.